The number of carbonyl (C=O) groups excluding carboxylic acids is 1. The lowest BCUT2D eigenvalue weighted by Gasteiger charge is -2.14. The van der Waals surface area contributed by atoms with E-state index in [-0.39, 0.29) is 17.1 Å². The smallest absolute Gasteiger partial charge is 0.416 e. The van der Waals surface area contributed by atoms with Crippen LogP contribution in [-0.2, 0) is 6.18 Å². The topological polar surface area (TPSA) is 69.0 Å². The third-order valence-electron chi connectivity index (χ3n) is 3.76. The standard InChI is InChI=1S/C19H17F3N4O2/c1-2-10-28-17-9-8-13(19(20,21)22)11-15(17)23-18(27)16-12-26(25-24-16)14-6-4-3-5-7-14/h3-9,11-12H,2,10H2,1H3,(H,23,27). The molecule has 0 unspecified atom stereocenters. The average molecular weight is 390 g/mol. The largest absolute Gasteiger partial charge is 0.491 e. The number of benzene rings is 2. The third kappa shape index (κ3) is 4.48. The Morgan fingerprint density at radius 2 is 1.93 bits per heavy atom. The van der Waals surface area contributed by atoms with Crippen molar-refractivity contribution < 1.29 is 22.7 Å². The molecule has 1 aromatic heterocycles. The highest BCUT2D eigenvalue weighted by Gasteiger charge is 2.31. The number of nitrogens with zero attached hydrogens (tertiary/aromatic N) is 3. The first-order valence-corrected chi connectivity index (χ1v) is 8.51. The summed E-state index contributed by atoms with van der Waals surface area (Å²) in [5.41, 5.74) is -0.315. The van der Waals surface area contributed by atoms with Crippen molar-refractivity contribution in [1.29, 1.82) is 0 Å². The van der Waals surface area contributed by atoms with Crippen LogP contribution < -0.4 is 10.1 Å². The zero-order valence-corrected chi connectivity index (χ0v) is 14.9. The first kappa shape index (κ1) is 19.4. The van der Waals surface area contributed by atoms with Gasteiger partial charge in [0, 0.05) is 0 Å². The molecule has 1 heterocycles. The van der Waals surface area contributed by atoms with Crippen LogP contribution in [-0.4, -0.2) is 27.5 Å². The molecule has 28 heavy (non-hydrogen) atoms. The van der Waals surface area contributed by atoms with E-state index in [9.17, 15) is 18.0 Å². The number of hydrogen-bond acceptors (Lipinski definition) is 4. The summed E-state index contributed by atoms with van der Waals surface area (Å²) in [6.07, 6.45) is -2.48. The van der Waals surface area contributed by atoms with Gasteiger partial charge in [-0.15, -0.1) is 5.10 Å². The van der Waals surface area contributed by atoms with Crippen LogP contribution in [0.2, 0.25) is 0 Å². The van der Waals surface area contributed by atoms with Crippen molar-refractivity contribution in [2.75, 3.05) is 11.9 Å². The SMILES string of the molecule is CCCOc1ccc(C(F)(F)F)cc1NC(=O)c1cn(-c2ccccc2)nn1. The van der Waals surface area contributed by atoms with Gasteiger partial charge in [-0.3, -0.25) is 4.79 Å². The molecule has 1 amide bonds. The summed E-state index contributed by atoms with van der Waals surface area (Å²) in [4.78, 5) is 12.5. The van der Waals surface area contributed by atoms with Gasteiger partial charge in [-0.1, -0.05) is 30.3 Å². The number of ether oxygens (including phenoxy) is 1. The fourth-order valence-corrected chi connectivity index (χ4v) is 2.40. The van der Waals surface area contributed by atoms with Crippen LogP contribution >= 0.6 is 0 Å². The fraction of sp³-hybridized carbons (Fsp3) is 0.211. The number of anilines is 1. The minimum Gasteiger partial charge on any atom is -0.491 e. The van der Waals surface area contributed by atoms with Gasteiger partial charge in [0.2, 0.25) is 0 Å². The molecule has 3 aromatic rings. The number of alkyl halides is 3. The molecular weight excluding hydrogens is 373 g/mol. The predicted molar refractivity (Wildman–Crippen MR) is 96.5 cm³/mol. The second kappa shape index (κ2) is 8.12. The van der Waals surface area contributed by atoms with Gasteiger partial charge < -0.3 is 10.1 Å². The molecule has 146 valence electrons. The van der Waals surface area contributed by atoms with Crippen molar-refractivity contribution in [3.63, 3.8) is 0 Å². The van der Waals surface area contributed by atoms with Gasteiger partial charge in [-0.25, -0.2) is 4.68 Å². The predicted octanol–water partition coefficient (Wildman–Crippen LogP) is 4.33. The Balaban J connectivity index is 1.85. The van der Waals surface area contributed by atoms with Gasteiger partial charge in [0.1, 0.15) is 5.75 Å². The Labute approximate surface area is 158 Å². The molecular formula is C19H17F3N4O2. The van der Waals surface area contributed by atoms with E-state index in [4.69, 9.17) is 4.74 Å². The monoisotopic (exact) mass is 390 g/mol. The molecule has 6 nitrogen and oxygen atoms in total. The van der Waals surface area contributed by atoms with Crippen molar-refractivity contribution in [2.45, 2.75) is 19.5 Å². The van der Waals surface area contributed by atoms with Crippen LogP contribution in [0, 0.1) is 0 Å². The van der Waals surface area contributed by atoms with Crippen LogP contribution in [0.3, 0.4) is 0 Å². The van der Waals surface area contributed by atoms with Crippen LogP contribution in [0.1, 0.15) is 29.4 Å². The molecule has 0 fully saturated rings. The lowest BCUT2D eigenvalue weighted by atomic mass is 10.1. The molecule has 2 aromatic carbocycles. The number of hydrogen-bond donors (Lipinski definition) is 1. The zero-order chi connectivity index (χ0) is 20.1. The molecule has 9 heteroatoms. The second-order valence-electron chi connectivity index (χ2n) is 5.90. The number of carbonyl (C=O) groups is 1. The summed E-state index contributed by atoms with van der Waals surface area (Å²) in [6, 6.07) is 11.9. The molecule has 0 bridgehead atoms. The zero-order valence-electron chi connectivity index (χ0n) is 14.9. The van der Waals surface area contributed by atoms with E-state index in [2.05, 4.69) is 15.6 Å². The van der Waals surface area contributed by atoms with E-state index in [1.807, 2.05) is 13.0 Å². The van der Waals surface area contributed by atoms with Crippen molar-refractivity contribution in [3.05, 3.63) is 66.0 Å². The number of aromatic nitrogens is 3. The Bertz CT molecular complexity index is 955. The number of para-hydroxylation sites is 1. The van der Waals surface area contributed by atoms with Gasteiger partial charge in [0.15, 0.2) is 5.69 Å². The minimum absolute atomic E-state index is 0.0392. The summed E-state index contributed by atoms with van der Waals surface area (Å²) in [6.45, 7) is 2.17. The molecule has 3 rings (SSSR count). The van der Waals surface area contributed by atoms with Gasteiger partial charge in [-0.05, 0) is 36.8 Å². The van der Waals surface area contributed by atoms with Crippen LogP contribution in [0.15, 0.2) is 54.7 Å². The van der Waals surface area contributed by atoms with E-state index >= 15 is 0 Å². The third-order valence-corrected chi connectivity index (χ3v) is 3.76. The summed E-state index contributed by atoms with van der Waals surface area (Å²) in [5.74, 6) is -0.540. The van der Waals surface area contributed by atoms with Crippen LogP contribution in [0.25, 0.3) is 5.69 Å². The van der Waals surface area contributed by atoms with Gasteiger partial charge in [-0.2, -0.15) is 13.2 Å². The van der Waals surface area contributed by atoms with Crippen molar-refractivity contribution >= 4 is 11.6 Å². The van der Waals surface area contributed by atoms with Crippen LogP contribution in [0.4, 0.5) is 18.9 Å². The summed E-state index contributed by atoms with van der Waals surface area (Å²) in [7, 11) is 0. The van der Waals surface area contributed by atoms with E-state index in [0.29, 0.717) is 18.7 Å². The van der Waals surface area contributed by atoms with Gasteiger partial charge >= 0.3 is 6.18 Å². The van der Waals surface area contributed by atoms with E-state index in [1.165, 1.54) is 16.9 Å². The first-order chi connectivity index (χ1) is 13.4. The summed E-state index contributed by atoms with van der Waals surface area (Å²) >= 11 is 0. The Kier molecular flexibility index (Phi) is 5.62. The number of halogens is 3. The minimum atomic E-state index is -4.54. The molecule has 0 aliphatic carbocycles. The molecule has 0 spiro atoms. The average Bonchev–Trinajstić information content (AvgIpc) is 3.17. The highest BCUT2D eigenvalue weighted by Crippen LogP contribution is 2.35. The van der Waals surface area contributed by atoms with Gasteiger partial charge in [0.25, 0.3) is 5.91 Å². The maximum atomic E-state index is 13.0. The number of nitrogens with one attached hydrogen (secondary N) is 1. The second-order valence-corrected chi connectivity index (χ2v) is 5.90. The Hall–Kier alpha value is -3.36. The highest BCUT2D eigenvalue weighted by atomic mass is 19.4. The quantitative estimate of drug-likeness (QED) is 0.680. The number of amides is 1. The normalized spacial score (nSPS) is 11.3. The summed E-state index contributed by atoms with van der Waals surface area (Å²) < 4.78 is 45.9. The van der Waals surface area contributed by atoms with Crippen molar-refractivity contribution in [3.8, 4) is 11.4 Å². The Morgan fingerprint density at radius 1 is 1.18 bits per heavy atom. The maximum absolute atomic E-state index is 13.0. The molecule has 0 saturated heterocycles. The van der Waals surface area contributed by atoms with Crippen molar-refractivity contribution in [2.24, 2.45) is 0 Å². The summed E-state index contributed by atoms with van der Waals surface area (Å²) in [5, 5.41) is 10.1. The van der Waals surface area contributed by atoms with Gasteiger partial charge in [0.05, 0.1) is 29.7 Å². The van der Waals surface area contributed by atoms with E-state index in [0.717, 1.165) is 12.1 Å². The molecule has 0 aliphatic rings. The highest BCUT2D eigenvalue weighted by molar-refractivity contribution is 6.03. The molecule has 1 N–H and O–H groups in total. The molecule has 0 saturated carbocycles. The number of rotatable bonds is 6. The van der Waals surface area contributed by atoms with E-state index < -0.39 is 17.6 Å². The Morgan fingerprint density at radius 3 is 2.61 bits per heavy atom. The lowest BCUT2D eigenvalue weighted by molar-refractivity contribution is -0.137. The maximum Gasteiger partial charge on any atom is 0.416 e. The molecule has 0 aliphatic heterocycles. The lowest BCUT2D eigenvalue weighted by Crippen LogP contribution is -2.15. The fourth-order valence-electron chi connectivity index (χ4n) is 2.40. The van der Waals surface area contributed by atoms with Crippen molar-refractivity contribution in [1.82, 2.24) is 15.0 Å². The first-order valence-electron chi connectivity index (χ1n) is 8.51. The van der Waals surface area contributed by atoms with Crippen LogP contribution in [0.5, 0.6) is 5.75 Å². The molecule has 0 radical (unpaired) electrons. The van der Waals surface area contributed by atoms with E-state index in [1.54, 1.807) is 24.3 Å². The molecule has 0 atom stereocenters.